The van der Waals surface area contributed by atoms with Crippen molar-refractivity contribution >= 4 is 5.95 Å². The summed E-state index contributed by atoms with van der Waals surface area (Å²) in [5.41, 5.74) is 6.58. The lowest BCUT2D eigenvalue weighted by Gasteiger charge is -2.10. The van der Waals surface area contributed by atoms with Crippen molar-refractivity contribution in [3.8, 4) is 23.5 Å². The summed E-state index contributed by atoms with van der Waals surface area (Å²) in [6, 6.07) is 5.64. The molecule has 7 nitrogen and oxygen atoms in total. The molecule has 0 spiro atoms. The second kappa shape index (κ2) is 5.38. The van der Waals surface area contributed by atoms with Crippen LogP contribution in [0.1, 0.15) is 5.56 Å². The van der Waals surface area contributed by atoms with Gasteiger partial charge in [0.25, 0.3) is 0 Å². The first kappa shape index (κ1) is 12.9. The Morgan fingerprint density at radius 3 is 2.37 bits per heavy atom. The van der Waals surface area contributed by atoms with Gasteiger partial charge in [0.05, 0.1) is 14.2 Å². The Kier molecular flexibility index (Phi) is 3.65. The molecule has 0 unspecified atom stereocenters. The fraction of sp³-hybridized carbons (Fsp3) is 0.250. The number of benzene rings is 1. The largest absolute Gasteiger partial charge is 0.493 e. The molecule has 2 N–H and O–H groups in total. The maximum absolute atomic E-state index is 5.53. The standard InChI is InChI=1S/C12H14N4O3/c1-7-4-5-8(9(6-7)17-2)19-12-15-10(13)14-11(16-12)18-3/h4-6H,1-3H3,(H2,13,14,15,16). The van der Waals surface area contributed by atoms with E-state index in [0.717, 1.165) is 5.56 Å². The Morgan fingerprint density at radius 2 is 1.68 bits per heavy atom. The van der Waals surface area contributed by atoms with E-state index in [1.807, 2.05) is 19.1 Å². The van der Waals surface area contributed by atoms with Crippen molar-refractivity contribution < 1.29 is 14.2 Å². The third-order valence-electron chi connectivity index (χ3n) is 2.31. The minimum Gasteiger partial charge on any atom is -0.493 e. The first-order valence-electron chi connectivity index (χ1n) is 5.50. The average Bonchev–Trinajstić information content (AvgIpc) is 2.40. The summed E-state index contributed by atoms with van der Waals surface area (Å²) in [4.78, 5) is 11.6. The molecule has 0 aliphatic carbocycles. The molecule has 0 atom stereocenters. The van der Waals surface area contributed by atoms with Gasteiger partial charge in [-0.15, -0.1) is 4.98 Å². The SMILES string of the molecule is COc1nc(N)nc(Oc2ccc(C)cc2OC)n1. The van der Waals surface area contributed by atoms with Crippen LogP contribution in [0.25, 0.3) is 0 Å². The minimum absolute atomic E-state index is 0.0212. The van der Waals surface area contributed by atoms with Gasteiger partial charge in [-0.25, -0.2) is 0 Å². The summed E-state index contributed by atoms with van der Waals surface area (Å²) in [6.07, 6.45) is 0. The monoisotopic (exact) mass is 262 g/mol. The van der Waals surface area contributed by atoms with Gasteiger partial charge in [-0.2, -0.15) is 9.97 Å². The van der Waals surface area contributed by atoms with Crippen molar-refractivity contribution in [2.75, 3.05) is 20.0 Å². The van der Waals surface area contributed by atoms with E-state index in [0.29, 0.717) is 11.5 Å². The molecule has 0 aliphatic heterocycles. The van der Waals surface area contributed by atoms with Crippen LogP contribution in [0.3, 0.4) is 0 Å². The summed E-state index contributed by atoms with van der Waals surface area (Å²) in [5.74, 6) is 1.09. The topological polar surface area (TPSA) is 92.4 Å². The molecule has 0 saturated heterocycles. The zero-order valence-electron chi connectivity index (χ0n) is 10.9. The molecule has 0 amide bonds. The molecular formula is C12H14N4O3. The molecule has 100 valence electrons. The Labute approximate surface area is 110 Å². The maximum atomic E-state index is 5.53. The normalized spacial score (nSPS) is 10.1. The van der Waals surface area contributed by atoms with E-state index in [-0.39, 0.29) is 18.0 Å². The first-order chi connectivity index (χ1) is 9.12. The summed E-state index contributed by atoms with van der Waals surface area (Å²) in [5, 5.41) is 0. The fourth-order valence-electron chi connectivity index (χ4n) is 1.45. The molecule has 0 radical (unpaired) electrons. The van der Waals surface area contributed by atoms with Gasteiger partial charge in [0, 0.05) is 0 Å². The van der Waals surface area contributed by atoms with Crippen molar-refractivity contribution in [1.82, 2.24) is 15.0 Å². The van der Waals surface area contributed by atoms with E-state index >= 15 is 0 Å². The molecule has 1 aromatic carbocycles. The fourth-order valence-corrected chi connectivity index (χ4v) is 1.45. The van der Waals surface area contributed by atoms with Gasteiger partial charge in [-0.3, -0.25) is 0 Å². The van der Waals surface area contributed by atoms with Crippen LogP contribution < -0.4 is 19.9 Å². The zero-order chi connectivity index (χ0) is 13.8. The highest BCUT2D eigenvalue weighted by Gasteiger charge is 2.10. The van der Waals surface area contributed by atoms with E-state index in [9.17, 15) is 0 Å². The van der Waals surface area contributed by atoms with Crippen LogP contribution in [0, 0.1) is 6.92 Å². The Hall–Kier alpha value is -2.57. The van der Waals surface area contributed by atoms with Crippen molar-refractivity contribution in [3.05, 3.63) is 23.8 Å². The number of nitrogens with two attached hydrogens (primary N) is 1. The summed E-state index contributed by atoms with van der Waals surface area (Å²) in [6.45, 7) is 1.95. The molecule has 0 aliphatic rings. The first-order valence-corrected chi connectivity index (χ1v) is 5.50. The smallest absolute Gasteiger partial charge is 0.330 e. The van der Waals surface area contributed by atoms with Gasteiger partial charge >= 0.3 is 12.0 Å². The Bertz CT molecular complexity index is 589. The van der Waals surface area contributed by atoms with E-state index in [2.05, 4.69) is 15.0 Å². The molecule has 0 bridgehead atoms. The van der Waals surface area contributed by atoms with Crippen molar-refractivity contribution in [2.24, 2.45) is 0 Å². The molecular weight excluding hydrogens is 248 g/mol. The highest BCUT2D eigenvalue weighted by Crippen LogP contribution is 2.31. The number of aromatic nitrogens is 3. The second-order valence-electron chi connectivity index (χ2n) is 3.72. The van der Waals surface area contributed by atoms with Crippen LogP contribution in [0.15, 0.2) is 18.2 Å². The minimum atomic E-state index is 0.0212. The lowest BCUT2D eigenvalue weighted by molar-refractivity contribution is 0.346. The summed E-state index contributed by atoms with van der Waals surface area (Å²) >= 11 is 0. The molecule has 2 rings (SSSR count). The van der Waals surface area contributed by atoms with Crippen LogP contribution in [0.4, 0.5) is 5.95 Å². The highest BCUT2D eigenvalue weighted by atomic mass is 16.5. The third kappa shape index (κ3) is 3.01. The van der Waals surface area contributed by atoms with Gasteiger partial charge in [-0.1, -0.05) is 6.07 Å². The third-order valence-corrected chi connectivity index (χ3v) is 2.31. The number of methoxy groups -OCH3 is 2. The number of ether oxygens (including phenoxy) is 3. The van der Waals surface area contributed by atoms with E-state index in [4.69, 9.17) is 19.9 Å². The molecule has 0 saturated carbocycles. The van der Waals surface area contributed by atoms with Crippen molar-refractivity contribution in [3.63, 3.8) is 0 Å². The lowest BCUT2D eigenvalue weighted by Crippen LogP contribution is -2.03. The van der Waals surface area contributed by atoms with E-state index in [1.165, 1.54) is 7.11 Å². The van der Waals surface area contributed by atoms with Crippen molar-refractivity contribution in [2.45, 2.75) is 6.92 Å². The molecule has 1 heterocycles. The Balaban J connectivity index is 2.33. The predicted octanol–water partition coefficient (Wildman–Crippen LogP) is 1.57. The van der Waals surface area contributed by atoms with Crippen molar-refractivity contribution in [1.29, 1.82) is 0 Å². The number of rotatable bonds is 4. The van der Waals surface area contributed by atoms with Gasteiger partial charge < -0.3 is 19.9 Å². The molecule has 1 aromatic heterocycles. The number of anilines is 1. The zero-order valence-corrected chi connectivity index (χ0v) is 10.9. The van der Waals surface area contributed by atoms with Gasteiger partial charge in [0.2, 0.25) is 5.95 Å². The number of hydrogen-bond acceptors (Lipinski definition) is 7. The number of nitrogens with zero attached hydrogens (tertiary/aromatic N) is 3. The number of hydrogen-bond donors (Lipinski definition) is 1. The quantitative estimate of drug-likeness (QED) is 0.893. The molecule has 7 heteroatoms. The lowest BCUT2D eigenvalue weighted by atomic mass is 10.2. The maximum Gasteiger partial charge on any atom is 0.330 e. The van der Waals surface area contributed by atoms with Gasteiger partial charge in [0.1, 0.15) is 0 Å². The van der Waals surface area contributed by atoms with Crippen LogP contribution in [-0.2, 0) is 0 Å². The molecule has 0 fully saturated rings. The van der Waals surface area contributed by atoms with Crippen LogP contribution >= 0.6 is 0 Å². The summed E-state index contributed by atoms with van der Waals surface area (Å²) in [7, 11) is 3.00. The van der Waals surface area contributed by atoms with Crippen LogP contribution in [0.5, 0.6) is 23.5 Å². The molecule has 19 heavy (non-hydrogen) atoms. The second-order valence-corrected chi connectivity index (χ2v) is 3.72. The summed E-state index contributed by atoms with van der Waals surface area (Å²) < 4.78 is 15.7. The predicted molar refractivity (Wildman–Crippen MR) is 68.6 cm³/mol. The van der Waals surface area contributed by atoms with Crippen LogP contribution in [-0.4, -0.2) is 29.2 Å². The number of nitrogen functional groups attached to an aromatic ring is 1. The Morgan fingerprint density at radius 1 is 0.947 bits per heavy atom. The van der Waals surface area contributed by atoms with Gasteiger partial charge in [0.15, 0.2) is 11.5 Å². The number of aryl methyl sites for hydroxylation is 1. The van der Waals surface area contributed by atoms with E-state index in [1.54, 1.807) is 13.2 Å². The van der Waals surface area contributed by atoms with Crippen LogP contribution in [0.2, 0.25) is 0 Å². The highest BCUT2D eigenvalue weighted by molar-refractivity contribution is 5.44. The average molecular weight is 262 g/mol. The molecule has 2 aromatic rings. The van der Waals surface area contributed by atoms with E-state index < -0.39 is 0 Å². The van der Waals surface area contributed by atoms with Gasteiger partial charge in [-0.05, 0) is 24.6 Å².